The van der Waals surface area contributed by atoms with Crippen molar-refractivity contribution in [3.05, 3.63) is 48.4 Å². The van der Waals surface area contributed by atoms with Crippen LogP contribution in [-0.4, -0.2) is 34.1 Å². The van der Waals surface area contributed by atoms with Crippen molar-refractivity contribution >= 4 is 29.3 Å². The van der Waals surface area contributed by atoms with E-state index in [1.807, 2.05) is 30.3 Å². The maximum atomic E-state index is 12.1. The highest BCUT2D eigenvalue weighted by molar-refractivity contribution is 8.00. The minimum absolute atomic E-state index is 0.0362. The Kier molecular flexibility index (Phi) is 5.43. The first-order valence-corrected chi connectivity index (χ1v) is 8.77. The van der Waals surface area contributed by atoms with E-state index in [1.165, 1.54) is 11.8 Å². The first-order valence-electron chi connectivity index (χ1n) is 7.79. The molecule has 0 fully saturated rings. The van der Waals surface area contributed by atoms with Crippen LogP contribution in [0.3, 0.4) is 0 Å². The number of fused-ring (bicyclic) bond motifs is 1. The second-order valence-corrected chi connectivity index (χ2v) is 6.33. The Bertz CT molecular complexity index is 724. The summed E-state index contributed by atoms with van der Waals surface area (Å²) in [4.78, 5) is 34.2. The molecular weight excluding hydrogens is 324 g/mol. The summed E-state index contributed by atoms with van der Waals surface area (Å²) in [5.41, 5.74) is 1.67. The molecule has 1 aliphatic rings. The molecule has 0 spiro atoms. The van der Waals surface area contributed by atoms with E-state index in [9.17, 15) is 9.59 Å². The van der Waals surface area contributed by atoms with Gasteiger partial charge in [-0.3, -0.25) is 14.6 Å². The van der Waals surface area contributed by atoms with Gasteiger partial charge in [-0.05, 0) is 30.7 Å². The van der Waals surface area contributed by atoms with Gasteiger partial charge in [0.15, 0.2) is 0 Å². The van der Waals surface area contributed by atoms with Crippen molar-refractivity contribution in [3.63, 3.8) is 0 Å². The van der Waals surface area contributed by atoms with Gasteiger partial charge in [0.25, 0.3) is 0 Å². The fourth-order valence-corrected chi connectivity index (χ4v) is 3.34. The Labute approximate surface area is 144 Å². The molecule has 24 heavy (non-hydrogen) atoms. The van der Waals surface area contributed by atoms with Gasteiger partial charge in [-0.2, -0.15) is 0 Å². The average Bonchev–Trinajstić information content (AvgIpc) is 2.63. The van der Waals surface area contributed by atoms with Gasteiger partial charge in [-0.25, -0.2) is 4.98 Å². The van der Waals surface area contributed by atoms with Crippen molar-refractivity contribution in [2.24, 2.45) is 0 Å². The van der Waals surface area contributed by atoms with Gasteiger partial charge in [0, 0.05) is 25.4 Å². The zero-order valence-electron chi connectivity index (χ0n) is 13.1. The first kappa shape index (κ1) is 16.4. The molecule has 2 amide bonds. The van der Waals surface area contributed by atoms with E-state index in [0.29, 0.717) is 31.7 Å². The summed E-state index contributed by atoms with van der Waals surface area (Å²) in [7, 11) is 0. The summed E-state index contributed by atoms with van der Waals surface area (Å²) in [5.74, 6) is 0.427. The molecule has 0 radical (unpaired) electrons. The van der Waals surface area contributed by atoms with E-state index in [2.05, 4.69) is 15.3 Å². The highest BCUT2D eigenvalue weighted by atomic mass is 32.2. The van der Waals surface area contributed by atoms with Gasteiger partial charge in [0.05, 0.1) is 23.7 Å². The third-order valence-corrected chi connectivity index (χ3v) is 4.63. The number of hydrogen-bond donors (Lipinski definition) is 1. The molecule has 0 aliphatic carbocycles. The van der Waals surface area contributed by atoms with Crippen LogP contribution in [0.2, 0.25) is 0 Å². The molecule has 2 aromatic rings. The zero-order valence-corrected chi connectivity index (χ0v) is 14.0. The SMILES string of the molecule is O=C(CCCN1C(=O)CSc2ncccc21)NCc1ccccn1. The minimum atomic E-state index is -0.0362. The largest absolute Gasteiger partial charge is 0.350 e. The maximum absolute atomic E-state index is 12.1. The lowest BCUT2D eigenvalue weighted by Gasteiger charge is -2.27. The topological polar surface area (TPSA) is 75.2 Å². The van der Waals surface area contributed by atoms with Crippen LogP contribution < -0.4 is 10.2 Å². The van der Waals surface area contributed by atoms with Crippen LogP contribution in [0.1, 0.15) is 18.5 Å². The third-order valence-electron chi connectivity index (χ3n) is 3.65. The molecule has 3 rings (SSSR count). The molecule has 0 unspecified atom stereocenters. The number of nitrogens with one attached hydrogen (secondary N) is 1. The average molecular weight is 342 g/mol. The van der Waals surface area contributed by atoms with Gasteiger partial charge < -0.3 is 10.2 Å². The number of nitrogens with zero attached hydrogens (tertiary/aromatic N) is 3. The highest BCUT2D eigenvalue weighted by Crippen LogP contribution is 2.33. The number of rotatable bonds is 6. The van der Waals surface area contributed by atoms with Crippen LogP contribution in [0.4, 0.5) is 5.69 Å². The number of amides is 2. The normalized spacial score (nSPS) is 13.5. The van der Waals surface area contributed by atoms with Crippen LogP contribution in [0.15, 0.2) is 47.8 Å². The second-order valence-electron chi connectivity index (χ2n) is 5.36. The highest BCUT2D eigenvalue weighted by Gasteiger charge is 2.24. The van der Waals surface area contributed by atoms with Crippen LogP contribution >= 0.6 is 11.8 Å². The minimum Gasteiger partial charge on any atom is -0.350 e. The molecule has 124 valence electrons. The summed E-state index contributed by atoms with van der Waals surface area (Å²) < 4.78 is 0. The summed E-state index contributed by atoms with van der Waals surface area (Å²) >= 11 is 1.46. The summed E-state index contributed by atoms with van der Waals surface area (Å²) in [5, 5.41) is 3.72. The molecule has 0 saturated heterocycles. The number of thioether (sulfide) groups is 1. The molecular formula is C17H18N4O2S. The van der Waals surface area contributed by atoms with E-state index in [-0.39, 0.29) is 11.8 Å². The molecule has 0 saturated carbocycles. The molecule has 6 nitrogen and oxygen atoms in total. The van der Waals surface area contributed by atoms with Gasteiger partial charge >= 0.3 is 0 Å². The molecule has 1 N–H and O–H groups in total. The summed E-state index contributed by atoms with van der Waals surface area (Å²) in [6, 6.07) is 9.32. The lowest BCUT2D eigenvalue weighted by Crippen LogP contribution is -2.37. The predicted octanol–water partition coefficient (Wildman–Crippen LogP) is 2.01. The lowest BCUT2D eigenvalue weighted by atomic mass is 10.2. The van der Waals surface area contributed by atoms with Crippen molar-refractivity contribution in [1.82, 2.24) is 15.3 Å². The van der Waals surface area contributed by atoms with Gasteiger partial charge in [0.2, 0.25) is 11.8 Å². The second kappa shape index (κ2) is 7.92. The van der Waals surface area contributed by atoms with E-state index in [0.717, 1.165) is 16.4 Å². The Hall–Kier alpha value is -2.41. The van der Waals surface area contributed by atoms with Crippen molar-refractivity contribution < 1.29 is 9.59 Å². The number of aromatic nitrogens is 2. The van der Waals surface area contributed by atoms with Crippen LogP contribution in [0.25, 0.3) is 0 Å². The van der Waals surface area contributed by atoms with E-state index >= 15 is 0 Å². The summed E-state index contributed by atoms with van der Waals surface area (Å²) in [6.45, 7) is 0.945. The number of carbonyl (C=O) groups excluding carboxylic acids is 2. The van der Waals surface area contributed by atoms with Crippen molar-refractivity contribution in [2.45, 2.75) is 24.4 Å². The number of carbonyl (C=O) groups is 2. The molecule has 3 heterocycles. The molecule has 0 atom stereocenters. The molecule has 0 bridgehead atoms. The molecule has 0 aromatic carbocycles. The van der Waals surface area contributed by atoms with Crippen LogP contribution in [-0.2, 0) is 16.1 Å². The fourth-order valence-electron chi connectivity index (χ4n) is 2.46. The van der Waals surface area contributed by atoms with Gasteiger partial charge in [-0.15, -0.1) is 0 Å². The number of anilines is 1. The van der Waals surface area contributed by atoms with Gasteiger partial charge in [0.1, 0.15) is 5.03 Å². The quantitative estimate of drug-likeness (QED) is 0.869. The lowest BCUT2D eigenvalue weighted by molar-refractivity contribution is -0.121. The van der Waals surface area contributed by atoms with E-state index in [1.54, 1.807) is 17.3 Å². The number of hydrogen-bond acceptors (Lipinski definition) is 5. The van der Waals surface area contributed by atoms with E-state index in [4.69, 9.17) is 0 Å². The van der Waals surface area contributed by atoms with Crippen LogP contribution in [0.5, 0.6) is 0 Å². The standard InChI is InChI=1S/C17H18N4O2S/c22-15(20-11-13-5-1-2-8-18-13)7-4-10-21-14-6-3-9-19-17(14)24-12-16(21)23/h1-3,5-6,8-9H,4,7,10-12H2,(H,20,22). The summed E-state index contributed by atoms with van der Waals surface area (Å²) in [6.07, 6.45) is 4.41. The first-order chi connectivity index (χ1) is 11.7. The molecule has 7 heteroatoms. The van der Waals surface area contributed by atoms with Gasteiger partial charge in [-0.1, -0.05) is 17.8 Å². The molecule has 2 aromatic heterocycles. The van der Waals surface area contributed by atoms with Crippen molar-refractivity contribution in [2.75, 3.05) is 17.2 Å². The predicted molar refractivity (Wildman–Crippen MR) is 92.6 cm³/mol. The van der Waals surface area contributed by atoms with E-state index < -0.39 is 0 Å². The zero-order chi connectivity index (χ0) is 16.8. The monoisotopic (exact) mass is 342 g/mol. The Balaban J connectivity index is 1.48. The van der Waals surface area contributed by atoms with Crippen LogP contribution in [0, 0.1) is 0 Å². The smallest absolute Gasteiger partial charge is 0.237 e. The molecule has 1 aliphatic heterocycles. The Morgan fingerprint density at radius 2 is 2.08 bits per heavy atom. The Morgan fingerprint density at radius 1 is 1.21 bits per heavy atom. The maximum Gasteiger partial charge on any atom is 0.237 e. The van der Waals surface area contributed by atoms with Crippen molar-refractivity contribution in [1.29, 1.82) is 0 Å². The fraction of sp³-hybridized carbons (Fsp3) is 0.294. The Morgan fingerprint density at radius 3 is 2.92 bits per heavy atom. The third kappa shape index (κ3) is 4.11. The number of pyridine rings is 2. The van der Waals surface area contributed by atoms with Crippen molar-refractivity contribution in [3.8, 4) is 0 Å².